The number of nitrogens with zero attached hydrogens (tertiary/aromatic N) is 2. The highest BCUT2D eigenvalue weighted by Gasteiger charge is 2.38. The van der Waals surface area contributed by atoms with Crippen molar-refractivity contribution in [2.24, 2.45) is 4.40 Å². The molecule has 6 nitrogen and oxygen atoms in total. The van der Waals surface area contributed by atoms with Crippen LogP contribution in [0.5, 0.6) is 0 Å². The number of carbonyl (C=O) groups is 1. The first-order valence-corrected chi connectivity index (χ1v) is 11.0. The smallest absolute Gasteiger partial charge is 0.285 e. The Kier molecular flexibility index (Phi) is 4.89. The number of halogens is 1. The second-order valence-electron chi connectivity index (χ2n) is 7.06. The summed E-state index contributed by atoms with van der Waals surface area (Å²) in [7, 11) is -3.73. The summed E-state index contributed by atoms with van der Waals surface area (Å²) < 4.78 is 28.8. The van der Waals surface area contributed by atoms with Crippen LogP contribution in [0.15, 0.2) is 51.8 Å². The summed E-state index contributed by atoms with van der Waals surface area (Å²) in [6.45, 7) is 2.50. The van der Waals surface area contributed by atoms with Gasteiger partial charge >= 0.3 is 0 Å². The van der Waals surface area contributed by atoms with Crippen molar-refractivity contribution in [3.8, 4) is 0 Å². The van der Waals surface area contributed by atoms with E-state index in [1.54, 1.807) is 36.4 Å². The number of rotatable bonds is 2. The maximum Gasteiger partial charge on any atom is 0.285 e. The monoisotopic (exact) mass is 417 g/mol. The second kappa shape index (κ2) is 7.22. The second-order valence-corrected chi connectivity index (χ2v) is 9.04. The van der Waals surface area contributed by atoms with Crippen molar-refractivity contribution >= 4 is 39.1 Å². The number of benzene rings is 2. The molecule has 0 unspecified atom stereocenters. The lowest BCUT2D eigenvalue weighted by Crippen LogP contribution is -2.50. The lowest BCUT2D eigenvalue weighted by molar-refractivity contribution is -0.120. The molecule has 2 aliphatic heterocycles. The van der Waals surface area contributed by atoms with E-state index in [4.69, 9.17) is 11.6 Å². The lowest BCUT2D eigenvalue weighted by atomic mass is 9.99. The highest BCUT2D eigenvalue weighted by atomic mass is 35.5. The lowest BCUT2D eigenvalue weighted by Gasteiger charge is -2.36. The Labute approximate surface area is 169 Å². The molecule has 0 aromatic heterocycles. The van der Waals surface area contributed by atoms with E-state index in [-0.39, 0.29) is 10.8 Å². The molecule has 8 heteroatoms. The number of aryl methyl sites for hydroxylation is 1. The first kappa shape index (κ1) is 19.0. The minimum Gasteiger partial charge on any atom is -0.343 e. The van der Waals surface area contributed by atoms with Gasteiger partial charge in [-0.15, -0.1) is 4.40 Å². The first-order valence-electron chi connectivity index (χ1n) is 9.15. The number of hydrogen-bond donors (Lipinski definition) is 1. The van der Waals surface area contributed by atoms with E-state index in [0.29, 0.717) is 35.1 Å². The van der Waals surface area contributed by atoms with Crippen molar-refractivity contribution in [2.75, 3.05) is 11.9 Å². The van der Waals surface area contributed by atoms with Crippen molar-refractivity contribution < 1.29 is 13.2 Å². The number of hydrogen-bond acceptors (Lipinski definition) is 4. The van der Waals surface area contributed by atoms with Gasteiger partial charge in [-0.2, -0.15) is 8.42 Å². The number of sulfonamides is 1. The van der Waals surface area contributed by atoms with Gasteiger partial charge in [0.05, 0.1) is 10.7 Å². The van der Waals surface area contributed by atoms with Gasteiger partial charge in [0.1, 0.15) is 10.9 Å². The predicted octanol–water partition coefficient (Wildman–Crippen LogP) is 3.59. The Morgan fingerprint density at radius 2 is 2.00 bits per heavy atom. The minimum absolute atomic E-state index is 0.191. The van der Waals surface area contributed by atoms with Crippen molar-refractivity contribution in [3.05, 3.63) is 58.6 Å². The summed E-state index contributed by atoms with van der Waals surface area (Å²) >= 11 is 6.25. The fourth-order valence-electron chi connectivity index (χ4n) is 3.69. The molecule has 1 amide bonds. The SMILES string of the molecule is Cc1ccc(NC(=O)[C@@H]2CCCCN2C2=NS(=O)(=O)c3ccccc32)c(Cl)c1. The summed E-state index contributed by atoms with van der Waals surface area (Å²) in [5, 5.41) is 3.36. The maximum absolute atomic E-state index is 13.0. The summed E-state index contributed by atoms with van der Waals surface area (Å²) in [5.74, 6) is 0.139. The van der Waals surface area contributed by atoms with Crippen LogP contribution in [0.4, 0.5) is 5.69 Å². The van der Waals surface area contributed by atoms with Gasteiger partial charge in [-0.05, 0) is 56.0 Å². The zero-order valence-electron chi connectivity index (χ0n) is 15.4. The number of amides is 1. The summed E-state index contributed by atoms with van der Waals surface area (Å²) in [4.78, 5) is 15.0. The van der Waals surface area contributed by atoms with Crippen molar-refractivity contribution in [3.63, 3.8) is 0 Å². The molecule has 2 aromatic rings. The van der Waals surface area contributed by atoms with Gasteiger partial charge in [0, 0.05) is 12.1 Å². The van der Waals surface area contributed by atoms with Crippen molar-refractivity contribution in [2.45, 2.75) is 37.1 Å². The Morgan fingerprint density at radius 3 is 2.79 bits per heavy atom. The van der Waals surface area contributed by atoms with Gasteiger partial charge in [-0.25, -0.2) is 0 Å². The van der Waals surface area contributed by atoms with Gasteiger partial charge in [0.25, 0.3) is 10.0 Å². The third-order valence-electron chi connectivity index (χ3n) is 5.07. The number of nitrogens with one attached hydrogen (secondary N) is 1. The summed E-state index contributed by atoms with van der Waals surface area (Å²) in [6, 6.07) is 11.7. The van der Waals surface area contributed by atoms with Crippen molar-refractivity contribution in [1.82, 2.24) is 4.90 Å². The molecule has 1 fully saturated rings. The number of amidine groups is 1. The highest BCUT2D eigenvalue weighted by Crippen LogP contribution is 2.31. The van der Waals surface area contributed by atoms with Crippen LogP contribution < -0.4 is 5.32 Å². The molecule has 1 N–H and O–H groups in total. The highest BCUT2D eigenvalue weighted by molar-refractivity contribution is 7.90. The van der Waals surface area contributed by atoms with Crippen LogP contribution >= 0.6 is 11.6 Å². The van der Waals surface area contributed by atoms with Gasteiger partial charge in [0.15, 0.2) is 5.84 Å². The van der Waals surface area contributed by atoms with Crippen LogP contribution in [-0.2, 0) is 14.8 Å². The molecule has 0 aliphatic carbocycles. The Balaban J connectivity index is 1.65. The van der Waals surface area contributed by atoms with Gasteiger partial charge in [-0.1, -0.05) is 29.8 Å². The molecule has 0 radical (unpaired) electrons. The summed E-state index contributed by atoms with van der Waals surface area (Å²) in [6.07, 6.45) is 2.38. The fraction of sp³-hybridized carbons (Fsp3) is 0.300. The fourth-order valence-corrected chi connectivity index (χ4v) is 5.19. The predicted molar refractivity (Wildman–Crippen MR) is 109 cm³/mol. The number of anilines is 1. The molecule has 28 heavy (non-hydrogen) atoms. The molecular weight excluding hydrogens is 398 g/mol. The van der Waals surface area contributed by atoms with Gasteiger partial charge < -0.3 is 10.2 Å². The molecule has 0 spiro atoms. The zero-order chi connectivity index (χ0) is 19.9. The van der Waals surface area contributed by atoms with E-state index in [1.165, 1.54) is 0 Å². The topological polar surface area (TPSA) is 78.8 Å². The average Bonchev–Trinajstić information content (AvgIpc) is 2.95. The maximum atomic E-state index is 13.0. The largest absolute Gasteiger partial charge is 0.343 e. The number of carbonyl (C=O) groups excluding carboxylic acids is 1. The van der Waals surface area contributed by atoms with Crippen LogP contribution in [-0.4, -0.2) is 37.6 Å². The van der Waals surface area contributed by atoms with E-state index < -0.39 is 16.1 Å². The number of likely N-dealkylation sites (tertiary alicyclic amines) is 1. The average molecular weight is 418 g/mol. The Bertz CT molecular complexity index is 1080. The molecule has 2 heterocycles. The van der Waals surface area contributed by atoms with Crippen LogP contribution in [0.2, 0.25) is 5.02 Å². The Hall–Kier alpha value is -2.38. The Morgan fingerprint density at radius 1 is 1.21 bits per heavy atom. The quantitative estimate of drug-likeness (QED) is 0.809. The number of piperidine rings is 1. The zero-order valence-corrected chi connectivity index (χ0v) is 16.9. The third-order valence-corrected chi connectivity index (χ3v) is 6.71. The molecule has 0 bridgehead atoms. The molecular formula is C20H20ClN3O3S. The molecule has 4 rings (SSSR count). The third kappa shape index (κ3) is 3.40. The molecule has 2 aliphatic rings. The standard InChI is InChI=1S/C20H20ClN3O3S/c1-13-9-10-16(15(21)12-13)22-20(25)17-7-4-5-11-24(17)19-14-6-2-3-8-18(14)28(26,27)23-19/h2-3,6,8-10,12,17H,4-5,7,11H2,1H3,(H,22,25)/t17-/m0/s1. The summed E-state index contributed by atoms with van der Waals surface area (Å²) in [5.41, 5.74) is 2.10. The van der Waals surface area contributed by atoms with E-state index in [0.717, 1.165) is 18.4 Å². The van der Waals surface area contributed by atoms with Crippen LogP contribution in [0.3, 0.4) is 0 Å². The van der Waals surface area contributed by atoms with Crippen LogP contribution in [0.1, 0.15) is 30.4 Å². The molecule has 1 saturated heterocycles. The van der Waals surface area contributed by atoms with Crippen LogP contribution in [0.25, 0.3) is 0 Å². The van der Waals surface area contributed by atoms with Gasteiger partial charge in [-0.3, -0.25) is 4.79 Å². The molecule has 2 aromatic carbocycles. The minimum atomic E-state index is -3.73. The molecule has 146 valence electrons. The molecule has 0 saturated carbocycles. The van der Waals surface area contributed by atoms with E-state index in [2.05, 4.69) is 9.71 Å². The van der Waals surface area contributed by atoms with Crippen LogP contribution in [0, 0.1) is 6.92 Å². The van der Waals surface area contributed by atoms with Gasteiger partial charge in [0.2, 0.25) is 5.91 Å². The van der Waals surface area contributed by atoms with E-state index in [9.17, 15) is 13.2 Å². The van der Waals surface area contributed by atoms with Crippen molar-refractivity contribution in [1.29, 1.82) is 0 Å². The normalized spacial score (nSPS) is 20.4. The van der Waals surface area contributed by atoms with E-state index in [1.807, 2.05) is 17.9 Å². The molecule has 1 atom stereocenters. The number of fused-ring (bicyclic) bond motifs is 1. The first-order chi connectivity index (χ1) is 13.4. The van der Waals surface area contributed by atoms with E-state index >= 15 is 0 Å².